The molecule has 2 fully saturated rings. The van der Waals surface area contributed by atoms with Gasteiger partial charge in [0.2, 0.25) is 0 Å². The van der Waals surface area contributed by atoms with Gasteiger partial charge >= 0.3 is 0 Å². The highest BCUT2D eigenvalue weighted by molar-refractivity contribution is 5.85. The second kappa shape index (κ2) is 9.62. The molecule has 6 heteroatoms. The lowest BCUT2D eigenvalue weighted by Crippen LogP contribution is -2.46. The molecule has 0 atom stereocenters. The van der Waals surface area contributed by atoms with Gasteiger partial charge in [-0.2, -0.15) is 5.10 Å². The first-order valence-electron chi connectivity index (χ1n) is 8.92. The second-order valence-electron chi connectivity index (χ2n) is 6.97. The van der Waals surface area contributed by atoms with E-state index < -0.39 is 0 Å². The molecule has 0 amide bonds. The molecule has 0 aromatic carbocycles. The number of halogens is 1. The standard InChI is InChI=1S/C17H31N5.ClH/c1-20(15-16-3-8-18-9-4-16)17-5-11-21(12-6-17)13-14-22-10-2-7-19-22;/h2,7,10,16-18H,3-6,8-9,11-15H2,1H3;1H. The van der Waals surface area contributed by atoms with E-state index in [1.54, 1.807) is 0 Å². The molecular formula is C17H32ClN5. The molecule has 0 saturated carbocycles. The molecule has 0 spiro atoms. The van der Waals surface area contributed by atoms with Gasteiger partial charge in [0.05, 0.1) is 6.54 Å². The van der Waals surface area contributed by atoms with Crippen LogP contribution in [0.3, 0.4) is 0 Å². The topological polar surface area (TPSA) is 36.3 Å². The molecule has 2 aliphatic heterocycles. The molecule has 1 aromatic heterocycles. The third kappa shape index (κ3) is 5.75. The van der Waals surface area contributed by atoms with E-state index in [0.29, 0.717) is 0 Å². The van der Waals surface area contributed by atoms with E-state index in [-0.39, 0.29) is 12.4 Å². The van der Waals surface area contributed by atoms with E-state index in [2.05, 4.69) is 33.5 Å². The van der Waals surface area contributed by atoms with E-state index in [9.17, 15) is 0 Å². The summed E-state index contributed by atoms with van der Waals surface area (Å²) < 4.78 is 2.04. The lowest BCUT2D eigenvalue weighted by Gasteiger charge is -2.38. The lowest BCUT2D eigenvalue weighted by atomic mass is 9.95. The predicted octanol–water partition coefficient (Wildman–Crippen LogP) is 1.70. The highest BCUT2D eigenvalue weighted by Crippen LogP contribution is 2.19. The largest absolute Gasteiger partial charge is 0.317 e. The maximum absolute atomic E-state index is 4.29. The van der Waals surface area contributed by atoms with Gasteiger partial charge in [-0.25, -0.2) is 0 Å². The zero-order chi connectivity index (χ0) is 15.2. The van der Waals surface area contributed by atoms with Gasteiger partial charge < -0.3 is 15.1 Å². The number of aromatic nitrogens is 2. The number of hydrogen-bond acceptors (Lipinski definition) is 4. The number of nitrogens with zero attached hydrogens (tertiary/aromatic N) is 4. The van der Waals surface area contributed by atoms with Crippen LogP contribution in [0.25, 0.3) is 0 Å². The first kappa shape index (κ1) is 18.7. The third-order valence-electron chi connectivity index (χ3n) is 5.39. The lowest BCUT2D eigenvalue weighted by molar-refractivity contribution is 0.107. The van der Waals surface area contributed by atoms with Gasteiger partial charge in [0.1, 0.15) is 0 Å². The Labute approximate surface area is 146 Å². The Hall–Kier alpha value is -0.620. The molecule has 2 aliphatic rings. The Morgan fingerprint density at radius 2 is 1.87 bits per heavy atom. The number of piperidine rings is 2. The molecule has 0 aliphatic carbocycles. The van der Waals surface area contributed by atoms with E-state index >= 15 is 0 Å². The van der Waals surface area contributed by atoms with Crippen LogP contribution in [0.2, 0.25) is 0 Å². The maximum Gasteiger partial charge on any atom is 0.0536 e. The van der Waals surface area contributed by atoms with Crippen molar-refractivity contribution in [3.63, 3.8) is 0 Å². The van der Waals surface area contributed by atoms with Crippen molar-refractivity contribution in [2.45, 2.75) is 38.3 Å². The monoisotopic (exact) mass is 341 g/mol. The average molecular weight is 342 g/mol. The molecular weight excluding hydrogens is 310 g/mol. The third-order valence-corrected chi connectivity index (χ3v) is 5.39. The quantitative estimate of drug-likeness (QED) is 0.854. The fourth-order valence-corrected chi connectivity index (χ4v) is 3.88. The van der Waals surface area contributed by atoms with E-state index in [0.717, 1.165) is 25.0 Å². The highest BCUT2D eigenvalue weighted by atomic mass is 35.5. The van der Waals surface area contributed by atoms with Crippen LogP contribution < -0.4 is 5.32 Å². The molecule has 0 unspecified atom stereocenters. The molecule has 3 heterocycles. The van der Waals surface area contributed by atoms with Crippen LogP contribution in [0.5, 0.6) is 0 Å². The van der Waals surface area contributed by atoms with Crippen LogP contribution in [0.1, 0.15) is 25.7 Å². The van der Waals surface area contributed by atoms with Crippen molar-refractivity contribution < 1.29 is 0 Å². The first-order valence-corrected chi connectivity index (χ1v) is 8.92. The molecule has 1 N–H and O–H groups in total. The summed E-state index contributed by atoms with van der Waals surface area (Å²) in [5.41, 5.74) is 0. The minimum atomic E-state index is 0. The summed E-state index contributed by atoms with van der Waals surface area (Å²) >= 11 is 0. The van der Waals surface area contributed by atoms with Gasteiger partial charge in [-0.05, 0) is 70.9 Å². The minimum Gasteiger partial charge on any atom is -0.317 e. The van der Waals surface area contributed by atoms with Crippen molar-refractivity contribution in [1.29, 1.82) is 0 Å². The molecule has 1 aromatic rings. The normalized spacial score (nSPS) is 21.5. The Kier molecular flexibility index (Phi) is 7.83. The summed E-state index contributed by atoms with van der Waals surface area (Å²) in [5, 5.41) is 7.75. The Balaban J connectivity index is 0.00000192. The Morgan fingerprint density at radius 3 is 2.52 bits per heavy atom. The number of hydrogen-bond donors (Lipinski definition) is 1. The van der Waals surface area contributed by atoms with Gasteiger partial charge in [0, 0.05) is 31.5 Å². The second-order valence-corrected chi connectivity index (χ2v) is 6.97. The summed E-state index contributed by atoms with van der Waals surface area (Å²) in [6.07, 6.45) is 9.27. The van der Waals surface area contributed by atoms with Gasteiger partial charge in [0.15, 0.2) is 0 Å². The predicted molar refractivity (Wildman–Crippen MR) is 97.2 cm³/mol. The number of nitrogens with one attached hydrogen (secondary N) is 1. The van der Waals surface area contributed by atoms with Crippen LogP contribution in [0, 0.1) is 5.92 Å². The molecule has 0 bridgehead atoms. The zero-order valence-electron chi connectivity index (χ0n) is 14.4. The van der Waals surface area contributed by atoms with Crippen LogP contribution in [-0.4, -0.2) is 71.9 Å². The van der Waals surface area contributed by atoms with Crippen LogP contribution >= 0.6 is 12.4 Å². The summed E-state index contributed by atoms with van der Waals surface area (Å²) in [5.74, 6) is 0.907. The fourth-order valence-electron chi connectivity index (χ4n) is 3.88. The fraction of sp³-hybridized carbons (Fsp3) is 0.824. The Morgan fingerprint density at radius 1 is 1.13 bits per heavy atom. The molecule has 2 saturated heterocycles. The smallest absolute Gasteiger partial charge is 0.0536 e. The van der Waals surface area contributed by atoms with Gasteiger partial charge in [-0.3, -0.25) is 4.68 Å². The Bertz CT molecular complexity index is 411. The average Bonchev–Trinajstić information content (AvgIpc) is 3.08. The number of likely N-dealkylation sites (tertiary alicyclic amines) is 1. The summed E-state index contributed by atoms with van der Waals surface area (Å²) in [6, 6.07) is 2.79. The SMILES string of the molecule is CN(CC1CCNCC1)C1CCN(CCn2cccn2)CC1.Cl. The van der Waals surface area contributed by atoms with Crippen molar-refractivity contribution in [2.24, 2.45) is 5.92 Å². The summed E-state index contributed by atoms with van der Waals surface area (Å²) in [4.78, 5) is 5.23. The zero-order valence-corrected chi connectivity index (χ0v) is 15.2. The van der Waals surface area contributed by atoms with Crippen LogP contribution in [0.4, 0.5) is 0 Å². The van der Waals surface area contributed by atoms with Crippen molar-refractivity contribution in [3.8, 4) is 0 Å². The van der Waals surface area contributed by atoms with E-state index in [1.807, 2.05) is 16.9 Å². The molecule has 0 radical (unpaired) electrons. The van der Waals surface area contributed by atoms with Gasteiger partial charge in [-0.15, -0.1) is 12.4 Å². The molecule has 132 valence electrons. The van der Waals surface area contributed by atoms with Crippen molar-refractivity contribution >= 4 is 12.4 Å². The van der Waals surface area contributed by atoms with Crippen LogP contribution in [-0.2, 0) is 6.54 Å². The van der Waals surface area contributed by atoms with E-state index in [4.69, 9.17) is 0 Å². The van der Waals surface area contributed by atoms with Crippen molar-refractivity contribution in [2.75, 3.05) is 46.3 Å². The molecule has 23 heavy (non-hydrogen) atoms. The highest BCUT2D eigenvalue weighted by Gasteiger charge is 2.24. The summed E-state index contributed by atoms with van der Waals surface area (Å²) in [7, 11) is 2.34. The number of rotatable bonds is 6. The summed E-state index contributed by atoms with van der Waals surface area (Å²) in [6.45, 7) is 8.34. The maximum atomic E-state index is 4.29. The first-order chi connectivity index (χ1) is 10.8. The molecule has 5 nitrogen and oxygen atoms in total. The molecule has 3 rings (SSSR count). The van der Waals surface area contributed by atoms with Crippen molar-refractivity contribution in [1.82, 2.24) is 24.9 Å². The van der Waals surface area contributed by atoms with Gasteiger partial charge in [0.25, 0.3) is 0 Å². The minimum absolute atomic E-state index is 0. The van der Waals surface area contributed by atoms with Crippen LogP contribution in [0.15, 0.2) is 18.5 Å². The van der Waals surface area contributed by atoms with Gasteiger partial charge in [-0.1, -0.05) is 0 Å². The van der Waals surface area contributed by atoms with Crippen molar-refractivity contribution in [3.05, 3.63) is 18.5 Å². The van der Waals surface area contributed by atoms with E-state index in [1.165, 1.54) is 58.4 Å².